The number of nitrogens with two attached hydrogens (primary N) is 1. The molecule has 10 nitrogen and oxygen atoms in total. The molecule has 3 N–H and O–H groups in total. The highest BCUT2D eigenvalue weighted by Crippen LogP contribution is 2.22. The predicted molar refractivity (Wildman–Crippen MR) is 118 cm³/mol. The number of fused-ring (bicyclic) bond motifs is 1. The molecule has 2 aromatic carbocycles. The molecule has 0 spiro atoms. The number of nitrogens with zero attached hydrogens (tertiary/aromatic N) is 4. The molecule has 0 bridgehead atoms. The first-order valence-electron chi connectivity index (χ1n) is 9.84. The monoisotopic (exact) mass is 470 g/mol. The smallest absolute Gasteiger partial charge is 0.408 e. The quantitative estimate of drug-likeness (QED) is 0.391. The molecular formula is C21H19FN6O4S. The lowest BCUT2D eigenvalue weighted by Gasteiger charge is -2.06. The Bertz CT molecular complexity index is 1540. The first-order valence-corrected chi connectivity index (χ1v) is 11.3. The van der Waals surface area contributed by atoms with Crippen LogP contribution in [0, 0.1) is 17.1 Å². The van der Waals surface area contributed by atoms with E-state index < -0.39 is 21.6 Å². The van der Waals surface area contributed by atoms with Crippen LogP contribution in [0.3, 0.4) is 0 Å². The lowest BCUT2D eigenvalue weighted by Crippen LogP contribution is -2.25. The van der Waals surface area contributed by atoms with Gasteiger partial charge in [0, 0.05) is 19.7 Å². The van der Waals surface area contributed by atoms with Gasteiger partial charge in [0.1, 0.15) is 23.3 Å². The minimum Gasteiger partial charge on any atom is -0.408 e. The van der Waals surface area contributed by atoms with Gasteiger partial charge in [-0.05, 0) is 49.2 Å². The molecule has 33 heavy (non-hydrogen) atoms. The van der Waals surface area contributed by atoms with E-state index in [4.69, 9.17) is 10.2 Å². The van der Waals surface area contributed by atoms with Gasteiger partial charge < -0.3 is 10.2 Å². The Labute approximate surface area is 187 Å². The molecule has 2 aromatic heterocycles. The predicted octanol–water partition coefficient (Wildman–Crippen LogP) is 1.82. The second kappa shape index (κ2) is 8.53. The van der Waals surface area contributed by atoms with Gasteiger partial charge >= 0.3 is 5.76 Å². The Kier molecular flexibility index (Phi) is 5.75. The number of hydrogen-bond acceptors (Lipinski definition) is 7. The number of nitriles is 1. The van der Waals surface area contributed by atoms with Crippen molar-refractivity contribution in [1.29, 1.82) is 5.26 Å². The van der Waals surface area contributed by atoms with Crippen molar-refractivity contribution >= 4 is 26.9 Å². The SMILES string of the molecule is Cn1c(=O)oc2cc(S(=O)(=O)NCCCc3nn(-c4ccc(F)cc4)c(N)c3C#N)ccc21. The highest BCUT2D eigenvalue weighted by Gasteiger charge is 2.19. The number of halogens is 1. The van der Waals surface area contributed by atoms with Gasteiger partial charge in [-0.15, -0.1) is 0 Å². The van der Waals surface area contributed by atoms with Crippen LogP contribution in [0.25, 0.3) is 16.8 Å². The van der Waals surface area contributed by atoms with Crippen molar-refractivity contribution in [2.75, 3.05) is 12.3 Å². The zero-order valence-corrected chi connectivity index (χ0v) is 18.3. The van der Waals surface area contributed by atoms with Crippen LogP contribution in [0.1, 0.15) is 17.7 Å². The molecule has 4 rings (SSSR count). The maximum absolute atomic E-state index is 13.2. The lowest BCUT2D eigenvalue weighted by molar-refractivity contribution is 0.527. The van der Waals surface area contributed by atoms with E-state index >= 15 is 0 Å². The molecule has 4 aromatic rings. The summed E-state index contributed by atoms with van der Waals surface area (Å²) in [7, 11) is -2.32. The number of nitrogens with one attached hydrogen (secondary N) is 1. The van der Waals surface area contributed by atoms with Crippen LogP contribution < -0.4 is 16.2 Å². The molecule has 2 heterocycles. The molecule has 0 amide bonds. The first kappa shape index (κ1) is 22.3. The third-order valence-corrected chi connectivity index (χ3v) is 6.59. The van der Waals surface area contributed by atoms with Gasteiger partial charge in [0.05, 0.1) is 21.8 Å². The minimum absolute atomic E-state index is 0.0353. The van der Waals surface area contributed by atoms with Gasteiger partial charge in [-0.3, -0.25) is 4.57 Å². The Balaban J connectivity index is 1.45. The van der Waals surface area contributed by atoms with Gasteiger partial charge in [0.25, 0.3) is 0 Å². The molecule has 0 aliphatic rings. The average Bonchev–Trinajstić information content (AvgIpc) is 3.26. The van der Waals surface area contributed by atoms with Crippen molar-refractivity contribution in [3.8, 4) is 11.8 Å². The number of sulfonamides is 1. The number of rotatable bonds is 7. The van der Waals surface area contributed by atoms with Crippen LogP contribution in [0.5, 0.6) is 0 Å². The number of aryl methyl sites for hydroxylation is 2. The number of nitrogen functional groups attached to an aromatic ring is 1. The van der Waals surface area contributed by atoms with Gasteiger partial charge in [-0.25, -0.2) is 27.0 Å². The van der Waals surface area contributed by atoms with Crippen LogP contribution in [0.15, 0.2) is 56.6 Å². The Morgan fingerprint density at radius 1 is 1.24 bits per heavy atom. The van der Waals surface area contributed by atoms with Gasteiger partial charge in [0.2, 0.25) is 10.0 Å². The molecule has 12 heteroatoms. The van der Waals surface area contributed by atoms with E-state index in [1.54, 1.807) is 0 Å². The summed E-state index contributed by atoms with van der Waals surface area (Å²) in [5.41, 5.74) is 7.78. The second-order valence-corrected chi connectivity index (χ2v) is 9.03. The highest BCUT2D eigenvalue weighted by molar-refractivity contribution is 7.89. The van der Waals surface area contributed by atoms with E-state index in [9.17, 15) is 22.9 Å². The van der Waals surface area contributed by atoms with Crippen molar-refractivity contribution in [3.63, 3.8) is 0 Å². The summed E-state index contributed by atoms with van der Waals surface area (Å²) in [4.78, 5) is 11.6. The summed E-state index contributed by atoms with van der Waals surface area (Å²) in [6, 6.07) is 11.7. The Morgan fingerprint density at radius 3 is 2.67 bits per heavy atom. The van der Waals surface area contributed by atoms with Crippen LogP contribution >= 0.6 is 0 Å². The summed E-state index contributed by atoms with van der Waals surface area (Å²) in [6.45, 7) is 0.0767. The van der Waals surface area contributed by atoms with Crippen molar-refractivity contribution < 1.29 is 17.2 Å². The van der Waals surface area contributed by atoms with Crippen LogP contribution in [0.2, 0.25) is 0 Å². The fraction of sp³-hybridized carbons (Fsp3) is 0.190. The lowest BCUT2D eigenvalue weighted by atomic mass is 10.1. The zero-order chi connectivity index (χ0) is 23.8. The van der Waals surface area contributed by atoms with Crippen LogP contribution in [-0.2, 0) is 23.5 Å². The highest BCUT2D eigenvalue weighted by atomic mass is 32.2. The maximum atomic E-state index is 13.2. The number of oxazole rings is 1. The van der Waals surface area contributed by atoms with E-state index in [1.807, 2.05) is 6.07 Å². The zero-order valence-electron chi connectivity index (χ0n) is 17.4. The molecule has 170 valence electrons. The molecule has 0 aliphatic carbocycles. The molecule has 0 radical (unpaired) electrons. The molecule has 0 unspecified atom stereocenters. The Morgan fingerprint density at radius 2 is 1.97 bits per heavy atom. The number of hydrogen-bond donors (Lipinski definition) is 2. The first-order chi connectivity index (χ1) is 15.7. The second-order valence-electron chi connectivity index (χ2n) is 7.26. The van der Waals surface area contributed by atoms with E-state index in [1.165, 1.54) is 58.8 Å². The molecule has 0 saturated carbocycles. The fourth-order valence-electron chi connectivity index (χ4n) is 3.38. The summed E-state index contributed by atoms with van der Waals surface area (Å²) in [5.74, 6) is -0.872. The van der Waals surface area contributed by atoms with Crippen molar-refractivity contribution in [3.05, 3.63) is 70.1 Å². The summed E-state index contributed by atoms with van der Waals surface area (Å²) in [6.07, 6.45) is 0.632. The number of anilines is 1. The Hall–Kier alpha value is -3.95. The fourth-order valence-corrected chi connectivity index (χ4v) is 4.47. The van der Waals surface area contributed by atoms with Crippen molar-refractivity contribution in [1.82, 2.24) is 19.1 Å². The maximum Gasteiger partial charge on any atom is 0.419 e. The van der Waals surface area contributed by atoms with E-state index in [0.29, 0.717) is 23.3 Å². The van der Waals surface area contributed by atoms with Crippen LogP contribution in [-0.4, -0.2) is 29.3 Å². The van der Waals surface area contributed by atoms with Gasteiger partial charge in [-0.1, -0.05) is 0 Å². The molecule has 0 fully saturated rings. The molecular weight excluding hydrogens is 451 g/mol. The van der Waals surface area contributed by atoms with E-state index in [2.05, 4.69) is 9.82 Å². The molecule has 0 saturated heterocycles. The molecule has 0 aliphatic heterocycles. The third-order valence-electron chi connectivity index (χ3n) is 5.13. The summed E-state index contributed by atoms with van der Waals surface area (Å²) < 4.78 is 48.6. The van der Waals surface area contributed by atoms with Crippen molar-refractivity contribution in [2.24, 2.45) is 7.05 Å². The van der Waals surface area contributed by atoms with Gasteiger partial charge in [0.15, 0.2) is 5.58 Å². The van der Waals surface area contributed by atoms with E-state index in [0.717, 1.165) is 0 Å². The summed E-state index contributed by atoms with van der Waals surface area (Å²) in [5, 5.41) is 13.8. The minimum atomic E-state index is -3.85. The molecule has 0 atom stereocenters. The normalized spacial score (nSPS) is 11.7. The standard InChI is InChI=1S/C21H19FN6O4S/c1-27-18-9-8-15(11-19(18)32-21(27)29)33(30,31)25-10-2-3-17-16(12-23)20(24)28(26-17)14-6-4-13(22)5-7-14/h4-9,11,25H,2-3,10,24H2,1H3. The third kappa shape index (κ3) is 4.23. The number of aromatic nitrogens is 3. The largest absolute Gasteiger partial charge is 0.419 e. The van der Waals surface area contributed by atoms with Gasteiger partial charge in [-0.2, -0.15) is 10.4 Å². The summed E-state index contributed by atoms with van der Waals surface area (Å²) >= 11 is 0. The number of benzene rings is 2. The van der Waals surface area contributed by atoms with E-state index in [-0.39, 0.29) is 34.8 Å². The average molecular weight is 470 g/mol. The topological polar surface area (TPSA) is 149 Å². The van der Waals surface area contributed by atoms with Crippen LogP contribution in [0.4, 0.5) is 10.2 Å². The van der Waals surface area contributed by atoms with Crippen molar-refractivity contribution in [2.45, 2.75) is 17.7 Å².